The van der Waals surface area contributed by atoms with Crippen molar-refractivity contribution in [2.75, 3.05) is 11.9 Å². The molecule has 0 saturated carbocycles. The van der Waals surface area contributed by atoms with E-state index in [0.717, 1.165) is 16.7 Å². The lowest BCUT2D eigenvalue weighted by atomic mass is 10.1. The fourth-order valence-corrected chi connectivity index (χ4v) is 4.51. The molecule has 2 aromatic heterocycles. The summed E-state index contributed by atoms with van der Waals surface area (Å²) in [5.41, 5.74) is 3.20. The number of fused-ring (bicyclic) bond motifs is 1. The molecule has 1 amide bonds. The molecule has 2 heterocycles. The average molecular weight is 464 g/mol. The lowest BCUT2D eigenvalue weighted by Crippen LogP contribution is -2.41. The van der Waals surface area contributed by atoms with Crippen molar-refractivity contribution >= 4 is 33.1 Å². The SMILES string of the molecule is CCOc1cccc(Cn2c(=O)c3sccc3n(CC(=O)Nc3ccc(C)c(C)c3)c2=O)c1. The van der Waals surface area contributed by atoms with E-state index in [-0.39, 0.29) is 24.6 Å². The first-order valence-electron chi connectivity index (χ1n) is 10.7. The van der Waals surface area contributed by atoms with E-state index in [1.807, 2.05) is 63.2 Å². The smallest absolute Gasteiger partial charge is 0.332 e. The summed E-state index contributed by atoms with van der Waals surface area (Å²) in [4.78, 5) is 39.2. The van der Waals surface area contributed by atoms with Crippen LogP contribution in [-0.4, -0.2) is 21.6 Å². The molecular formula is C25H25N3O4S. The standard InChI is InChI=1S/C25H25N3O4S/c1-4-32-20-7-5-6-18(13-20)14-28-24(30)23-21(10-11-33-23)27(25(28)31)15-22(29)26-19-9-8-16(2)17(3)12-19/h5-13H,4,14-15H2,1-3H3,(H,26,29). The van der Waals surface area contributed by atoms with Crippen LogP contribution in [0.2, 0.25) is 0 Å². The molecule has 4 aromatic rings. The van der Waals surface area contributed by atoms with Gasteiger partial charge in [0.2, 0.25) is 5.91 Å². The first-order valence-corrected chi connectivity index (χ1v) is 11.5. The second-order valence-electron chi connectivity index (χ2n) is 7.82. The van der Waals surface area contributed by atoms with Gasteiger partial charge in [0.15, 0.2) is 0 Å². The van der Waals surface area contributed by atoms with Crippen molar-refractivity contribution in [3.63, 3.8) is 0 Å². The zero-order valence-electron chi connectivity index (χ0n) is 18.8. The van der Waals surface area contributed by atoms with Crippen molar-refractivity contribution in [1.29, 1.82) is 0 Å². The van der Waals surface area contributed by atoms with E-state index in [1.165, 1.54) is 20.5 Å². The van der Waals surface area contributed by atoms with Crippen molar-refractivity contribution in [2.45, 2.75) is 33.9 Å². The fourth-order valence-electron chi connectivity index (χ4n) is 3.67. The molecule has 0 atom stereocenters. The third-order valence-electron chi connectivity index (χ3n) is 5.48. The van der Waals surface area contributed by atoms with E-state index in [4.69, 9.17) is 4.74 Å². The molecule has 4 rings (SSSR count). The number of hydrogen-bond donors (Lipinski definition) is 1. The minimum Gasteiger partial charge on any atom is -0.494 e. The van der Waals surface area contributed by atoms with Crippen LogP contribution in [0.5, 0.6) is 5.75 Å². The first-order chi connectivity index (χ1) is 15.9. The lowest BCUT2D eigenvalue weighted by molar-refractivity contribution is -0.116. The van der Waals surface area contributed by atoms with Gasteiger partial charge in [-0.2, -0.15) is 0 Å². The second-order valence-corrected chi connectivity index (χ2v) is 8.74. The van der Waals surface area contributed by atoms with Gasteiger partial charge in [-0.15, -0.1) is 11.3 Å². The maximum Gasteiger partial charge on any atom is 0.332 e. The maximum atomic E-state index is 13.3. The molecule has 0 radical (unpaired) electrons. The van der Waals surface area contributed by atoms with E-state index in [0.29, 0.717) is 28.3 Å². The third kappa shape index (κ3) is 4.75. The van der Waals surface area contributed by atoms with Crippen LogP contribution in [0.1, 0.15) is 23.6 Å². The third-order valence-corrected chi connectivity index (χ3v) is 6.37. The van der Waals surface area contributed by atoms with Gasteiger partial charge in [-0.25, -0.2) is 4.79 Å². The summed E-state index contributed by atoms with van der Waals surface area (Å²) in [6.07, 6.45) is 0. The highest BCUT2D eigenvalue weighted by molar-refractivity contribution is 7.17. The quantitative estimate of drug-likeness (QED) is 0.450. The topological polar surface area (TPSA) is 82.3 Å². The Morgan fingerprint density at radius 3 is 2.61 bits per heavy atom. The van der Waals surface area contributed by atoms with Crippen molar-refractivity contribution in [3.05, 3.63) is 91.4 Å². The number of thiophene rings is 1. The minimum absolute atomic E-state index is 0.0885. The van der Waals surface area contributed by atoms with Crippen LogP contribution in [0.4, 0.5) is 5.69 Å². The van der Waals surface area contributed by atoms with E-state index >= 15 is 0 Å². The summed E-state index contributed by atoms with van der Waals surface area (Å²) in [5.74, 6) is 0.338. The largest absolute Gasteiger partial charge is 0.494 e. The Hall–Kier alpha value is -3.65. The molecule has 0 aliphatic carbocycles. The van der Waals surface area contributed by atoms with Crippen molar-refractivity contribution < 1.29 is 9.53 Å². The summed E-state index contributed by atoms with van der Waals surface area (Å²) >= 11 is 1.26. The minimum atomic E-state index is -0.525. The molecule has 0 spiro atoms. The van der Waals surface area contributed by atoms with Gasteiger partial charge in [-0.1, -0.05) is 18.2 Å². The number of nitrogens with zero attached hydrogens (tertiary/aromatic N) is 2. The van der Waals surface area contributed by atoms with Gasteiger partial charge in [0.1, 0.15) is 17.0 Å². The highest BCUT2D eigenvalue weighted by atomic mass is 32.1. The molecule has 0 fully saturated rings. The molecule has 0 unspecified atom stereocenters. The number of carbonyl (C=O) groups is 1. The summed E-state index contributed by atoms with van der Waals surface area (Å²) in [6.45, 7) is 6.28. The van der Waals surface area contributed by atoms with Crippen LogP contribution in [0.15, 0.2) is 63.5 Å². The van der Waals surface area contributed by atoms with E-state index in [2.05, 4.69) is 5.32 Å². The number of anilines is 1. The molecule has 0 saturated heterocycles. The van der Waals surface area contributed by atoms with Gasteiger partial charge in [0, 0.05) is 5.69 Å². The number of aromatic nitrogens is 2. The molecule has 8 heteroatoms. The van der Waals surface area contributed by atoms with Gasteiger partial charge in [-0.05, 0) is 73.2 Å². The maximum absolute atomic E-state index is 13.3. The summed E-state index contributed by atoms with van der Waals surface area (Å²) in [7, 11) is 0. The molecular weight excluding hydrogens is 438 g/mol. The number of rotatable bonds is 7. The van der Waals surface area contributed by atoms with Gasteiger partial charge in [0.05, 0.1) is 18.7 Å². The summed E-state index contributed by atoms with van der Waals surface area (Å²) in [6, 6.07) is 14.7. The first kappa shape index (κ1) is 22.5. The highest BCUT2D eigenvalue weighted by Crippen LogP contribution is 2.18. The highest BCUT2D eigenvalue weighted by Gasteiger charge is 2.17. The number of ether oxygens (including phenoxy) is 1. The van der Waals surface area contributed by atoms with Crippen LogP contribution in [0.25, 0.3) is 10.2 Å². The zero-order chi connectivity index (χ0) is 23.5. The number of aryl methyl sites for hydroxylation is 2. The van der Waals surface area contributed by atoms with Crippen LogP contribution in [0.3, 0.4) is 0 Å². The normalized spacial score (nSPS) is 11.0. The Morgan fingerprint density at radius 1 is 1.03 bits per heavy atom. The molecule has 0 aliphatic heterocycles. The van der Waals surface area contributed by atoms with Crippen molar-refractivity contribution in [3.8, 4) is 5.75 Å². The number of nitrogens with one attached hydrogen (secondary N) is 1. The predicted molar refractivity (Wildman–Crippen MR) is 132 cm³/mol. The molecule has 7 nitrogen and oxygen atoms in total. The molecule has 170 valence electrons. The monoisotopic (exact) mass is 463 g/mol. The Balaban J connectivity index is 1.68. The Bertz CT molecular complexity index is 1450. The van der Waals surface area contributed by atoms with Crippen LogP contribution < -0.4 is 21.3 Å². The number of hydrogen-bond acceptors (Lipinski definition) is 5. The van der Waals surface area contributed by atoms with Gasteiger partial charge < -0.3 is 10.1 Å². The van der Waals surface area contributed by atoms with Gasteiger partial charge in [0.25, 0.3) is 5.56 Å². The van der Waals surface area contributed by atoms with Crippen molar-refractivity contribution in [1.82, 2.24) is 9.13 Å². The Labute approximate surface area is 194 Å². The van der Waals surface area contributed by atoms with Crippen LogP contribution in [0, 0.1) is 13.8 Å². The van der Waals surface area contributed by atoms with E-state index in [9.17, 15) is 14.4 Å². The predicted octanol–water partition coefficient (Wildman–Crippen LogP) is 3.93. The molecule has 0 aliphatic rings. The molecule has 33 heavy (non-hydrogen) atoms. The van der Waals surface area contributed by atoms with Crippen LogP contribution in [-0.2, 0) is 17.9 Å². The molecule has 0 bridgehead atoms. The summed E-state index contributed by atoms with van der Waals surface area (Å²) in [5, 5.41) is 4.60. The Morgan fingerprint density at radius 2 is 1.85 bits per heavy atom. The number of carbonyl (C=O) groups excluding carboxylic acids is 1. The Kier molecular flexibility index (Phi) is 6.46. The number of benzene rings is 2. The average Bonchev–Trinajstić information content (AvgIpc) is 3.27. The van der Waals surface area contributed by atoms with Gasteiger partial charge in [-0.3, -0.25) is 18.7 Å². The zero-order valence-corrected chi connectivity index (χ0v) is 19.6. The molecule has 2 aromatic carbocycles. The summed E-state index contributed by atoms with van der Waals surface area (Å²) < 4.78 is 8.50. The molecule has 1 N–H and O–H groups in total. The van der Waals surface area contributed by atoms with Crippen molar-refractivity contribution in [2.24, 2.45) is 0 Å². The van der Waals surface area contributed by atoms with Gasteiger partial charge >= 0.3 is 5.69 Å². The second kappa shape index (κ2) is 9.46. The number of amides is 1. The van der Waals surface area contributed by atoms with Crippen LogP contribution >= 0.6 is 11.3 Å². The fraction of sp³-hybridized carbons (Fsp3) is 0.240. The van der Waals surface area contributed by atoms with E-state index in [1.54, 1.807) is 11.4 Å². The lowest BCUT2D eigenvalue weighted by Gasteiger charge is -2.13. The van der Waals surface area contributed by atoms with E-state index < -0.39 is 5.69 Å².